The Bertz CT molecular complexity index is 621. The van der Waals surface area contributed by atoms with E-state index in [-0.39, 0.29) is 17.7 Å². The second-order valence-corrected chi connectivity index (χ2v) is 7.80. The third-order valence-corrected chi connectivity index (χ3v) is 5.75. The SMILES string of the molecule is O=C(CCSCCN1C(=O)c2ccccc2C1=O)NC1CCCCC1. The lowest BCUT2D eigenvalue weighted by Crippen LogP contribution is -2.36. The topological polar surface area (TPSA) is 66.5 Å². The number of thioether (sulfide) groups is 1. The van der Waals surface area contributed by atoms with Crippen LogP contribution in [-0.4, -0.2) is 46.7 Å². The summed E-state index contributed by atoms with van der Waals surface area (Å²) in [7, 11) is 0. The number of amides is 3. The minimum absolute atomic E-state index is 0.111. The van der Waals surface area contributed by atoms with Gasteiger partial charge in [-0.2, -0.15) is 11.8 Å². The molecule has 1 aliphatic carbocycles. The second-order valence-electron chi connectivity index (χ2n) is 6.57. The molecule has 0 spiro atoms. The Hall–Kier alpha value is -1.82. The fourth-order valence-corrected chi connectivity index (χ4v) is 4.26. The molecule has 0 unspecified atom stereocenters. The molecule has 1 aromatic rings. The Morgan fingerprint density at radius 2 is 1.68 bits per heavy atom. The summed E-state index contributed by atoms with van der Waals surface area (Å²) in [6.45, 7) is 0.390. The lowest BCUT2D eigenvalue weighted by atomic mass is 9.95. The first kappa shape index (κ1) is 18.0. The van der Waals surface area contributed by atoms with E-state index in [1.54, 1.807) is 36.0 Å². The van der Waals surface area contributed by atoms with Gasteiger partial charge < -0.3 is 5.32 Å². The van der Waals surface area contributed by atoms with E-state index in [4.69, 9.17) is 0 Å². The third-order valence-electron chi connectivity index (χ3n) is 4.78. The molecule has 1 aliphatic heterocycles. The molecule has 6 heteroatoms. The van der Waals surface area contributed by atoms with Gasteiger partial charge in [0.25, 0.3) is 11.8 Å². The molecular weight excluding hydrogens is 336 g/mol. The van der Waals surface area contributed by atoms with Gasteiger partial charge in [0.15, 0.2) is 0 Å². The van der Waals surface area contributed by atoms with Crippen molar-refractivity contribution in [2.75, 3.05) is 18.1 Å². The molecule has 0 aromatic heterocycles. The summed E-state index contributed by atoms with van der Waals surface area (Å²) in [5.41, 5.74) is 0.980. The highest BCUT2D eigenvalue weighted by atomic mass is 32.2. The van der Waals surface area contributed by atoms with Gasteiger partial charge in [-0.15, -0.1) is 0 Å². The number of carbonyl (C=O) groups is 3. The molecule has 0 atom stereocenters. The Morgan fingerprint density at radius 3 is 2.32 bits per heavy atom. The van der Waals surface area contributed by atoms with Crippen molar-refractivity contribution in [1.29, 1.82) is 0 Å². The summed E-state index contributed by atoms with van der Waals surface area (Å²) < 4.78 is 0. The van der Waals surface area contributed by atoms with Crippen molar-refractivity contribution in [2.24, 2.45) is 0 Å². The first-order valence-corrected chi connectivity index (χ1v) is 10.1. The van der Waals surface area contributed by atoms with Crippen LogP contribution in [0, 0.1) is 0 Å². The summed E-state index contributed by atoms with van der Waals surface area (Å²) in [5.74, 6) is 1.05. The summed E-state index contributed by atoms with van der Waals surface area (Å²) >= 11 is 1.61. The van der Waals surface area contributed by atoms with E-state index in [1.165, 1.54) is 24.2 Å². The van der Waals surface area contributed by atoms with Crippen molar-refractivity contribution in [3.8, 4) is 0 Å². The van der Waals surface area contributed by atoms with Gasteiger partial charge in [0, 0.05) is 30.5 Å². The van der Waals surface area contributed by atoms with Gasteiger partial charge in [-0.05, 0) is 25.0 Å². The zero-order chi connectivity index (χ0) is 17.6. The van der Waals surface area contributed by atoms with E-state index in [0.29, 0.717) is 41.6 Å². The predicted octanol–water partition coefficient (Wildman–Crippen LogP) is 2.85. The van der Waals surface area contributed by atoms with Gasteiger partial charge in [0.05, 0.1) is 11.1 Å². The van der Waals surface area contributed by atoms with Crippen LogP contribution in [-0.2, 0) is 4.79 Å². The van der Waals surface area contributed by atoms with Gasteiger partial charge in [0.2, 0.25) is 5.91 Å². The van der Waals surface area contributed by atoms with Crippen LogP contribution in [0.15, 0.2) is 24.3 Å². The van der Waals surface area contributed by atoms with Crippen LogP contribution in [0.4, 0.5) is 0 Å². The highest BCUT2D eigenvalue weighted by molar-refractivity contribution is 7.99. The molecule has 0 saturated heterocycles. The largest absolute Gasteiger partial charge is 0.353 e. The van der Waals surface area contributed by atoms with Crippen molar-refractivity contribution in [1.82, 2.24) is 10.2 Å². The number of carbonyl (C=O) groups excluding carboxylic acids is 3. The molecule has 1 aromatic carbocycles. The van der Waals surface area contributed by atoms with Crippen LogP contribution in [0.3, 0.4) is 0 Å². The number of hydrogen-bond acceptors (Lipinski definition) is 4. The molecule has 134 valence electrons. The number of fused-ring (bicyclic) bond motifs is 1. The van der Waals surface area contributed by atoms with E-state index >= 15 is 0 Å². The van der Waals surface area contributed by atoms with Crippen molar-refractivity contribution in [3.63, 3.8) is 0 Å². The third kappa shape index (κ3) is 4.42. The molecular formula is C19H24N2O3S. The van der Waals surface area contributed by atoms with Crippen molar-refractivity contribution in [2.45, 2.75) is 44.6 Å². The van der Waals surface area contributed by atoms with Crippen LogP contribution < -0.4 is 5.32 Å². The smallest absolute Gasteiger partial charge is 0.261 e. The summed E-state index contributed by atoms with van der Waals surface area (Å²) in [4.78, 5) is 37.7. The Kier molecular flexibility index (Phi) is 6.13. The first-order chi connectivity index (χ1) is 12.2. The van der Waals surface area contributed by atoms with Gasteiger partial charge in [-0.1, -0.05) is 31.4 Å². The quantitative estimate of drug-likeness (QED) is 0.600. The molecule has 2 aliphatic rings. The average molecular weight is 360 g/mol. The normalized spacial score (nSPS) is 17.7. The molecule has 1 fully saturated rings. The van der Waals surface area contributed by atoms with Gasteiger partial charge in [0.1, 0.15) is 0 Å². The monoisotopic (exact) mass is 360 g/mol. The molecule has 1 saturated carbocycles. The Balaban J connectivity index is 1.34. The second kappa shape index (κ2) is 8.52. The number of nitrogens with zero attached hydrogens (tertiary/aromatic N) is 1. The minimum atomic E-state index is -0.212. The Labute approximate surface area is 152 Å². The maximum atomic E-state index is 12.2. The number of nitrogens with one attached hydrogen (secondary N) is 1. The van der Waals surface area contributed by atoms with Crippen molar-refractivity contribution < 1.29 is 14.4 Å². The molecule has 0 bridgehead atoms. The molecule has 1 N–H and O–H groups in total. The predicted molar refractivity (Wildman–Crippen MR) is 98.8 cm³/mol. The van der Waals surface area contributed by atoms with Crippen LogP contribution in [0.2, 0.25) is 0 Å². The summed E-state index contributed by atoms with van der Waals surface area (Å²) in [5, 5.41) is 3.11. The van der Waals surface area contributed by atoms with Gasteiger partial charge >= 0.3 is 0 Å². The number of hydrogen-bond donors (Lipinski definition) is 1. The average Bonchev–Trinajstić information content (AvgIpc) is 2.87. The molecule has 3 amide bonds. The molecule has 1 heterocycles. The molecule has 0 radical (unpaired) electrons. The fourth-order valence-electron chi connectivity index (χ4n) is 3.41. The standard InChI is InChI=1S/C19H24N2O3S/c22-17(20-14-6-2-1-3-7-14)10-12-25-13-11-21-18(23)15-8-4-5-9-16(15)19(21)24/h4-5,8-9,14H,1-3,6-7,10-13H2,(H,20,22). The molecule has 5 nitrogen and oxygen atoms in total. The van der Waals surface area contributed by atoms with Gasteiger partial charge in [-0.3, -0.25) is 19.3 Å². The van der Waals surface area contributed by atoms with E-state index in [9.17, 15) is 14.4 Å². The zero-order valence-corrected chi connectivity index (χ0v) is 15.1. The minimum Gasteiger partial charge on any atom is -0.353 e. The molecule has 3 rings (SSSR count). The maximum Gasteiger partial charge on any atom is 0.261 e. The number of benzene rings is 1. The summed E-state index contributed by atoms with van der Waals surface area (Å²) in [6, 6.07) is 7.28. The van der Waals surface area contributed by atoms with Crippen LogP contribution in [0.25, 0.3) is 0 Å². The van der Waals surface area contributed by atoms with E-state index in [1.807, 2.05) is 0 Å². The first-order valence-electron chi connectivity index (χ1n) is 8.99. The van der Waals surface area contributed by atoms with Crippen molar-refractivity contribution >= 4 is 29.5 Å². The maximum absolute atomic E-state index is 12.2. The van der Waals surface area contributed by atoms with Crippen LogP contribution >= 0.6 is 11.8 Å². The van der Waals surface area contributed by atoms with E-state index in [0.717, 1.165) is 12.8 Å². The van der Waals surface area contributed by atoms with Crippen molar-refractivity contribution in [3.05, 3.63) is 35.4 Å². The van der Waals surface area contributed by atoms with E-state index < -0.39 is 0 Å². The Morgan fingerprint density at radius 1 is 1.04 bits per heavy atom. The van der Waals surface area contributed by atoms with E-state index in [2.05, 4.69) is 5.32 Å². The zero-order valence-electron chi connectivity index (χ0n) is 14.3. The highest BCUT2D eigenvalue weighted by Gasteiger charge is 2.34. The number of rotatable bonds is 7. The summed E-state index contributed by atoms with van der Waals surface area (Å²) in [6.07, 6.45) is 6.38. The highest BCUT2D eigenvalue weighted by Crippen LogP contribution is 2.22. The fraction of sp³-hybridized carbons (Fsp3) is 0.526. The van der Waals surface area contributed by atoms with Crippen LogP contribution in [0.5, 0.6) is 0 Å². The van der Waals surface area contributed by atoms with Crippen LogP contribution in [0.1, 0.15) is 59.2 Å². The van der Waals surface area contributed by atoms with Gasteiger partial charge in [-0.25, -0.2) is 0 Å². The molecule has 25 heavy (non-hydrogen) atoms. The lowest BCUT2D eigenvalue weighted by molar-refractivity contribution is -0.121. The lowest BCUT2D eigenvalue weighted by Gasteiger charge is -2.22. The number of imide groups is 1.